The molecule has 2 aromatic carbocycles. The number of carbonyl (C=O) groups is 1. The summed E-state index contributed by atoms with van der Waals surface area (Å²) in [5, 5.41) is 3.28. The first-order chi connectivity index (χ1) is 13.1. The van der Waals surface area contributed by atoms with E-state index in [1.807, 2.05) is 50.2 Å². The van der Waals surface area contributed by atoms with Crippen molar-refractivity contribution in [2.24, 2.45) is 0 Å². The summed E-state index contributed by atoms with van der Waals surface area (Å²) in [6, 6.07) is 17.8. The fourth-order valence-electron chi connectivity index (χ4n) is 2.94. The number of hydrogen-bond acceptors (Lipinski definition) is 4. The zero-order valence-corrected chi connectivity index (χ0v) is 15.9. The van der Waals surface area contributed by atoms with Crippen molar-refractivity contribution in [3.63, 3.8) is 0 Å². The molecule has 1 heterocycles. The quantitative estimate of drug-likeness (QED) is 0.709. The van der Waals surface area contributed by atoms with Crippen LogP contribution in [0.25, 0.3) is 0 Å². The Hall–Kier alpha value is -3.21. The van der Waals surface area contributed by atoms with Crippen LogP contribution in [0.15, 0.2) is 60.9 Å². The first-order valence-corrected chi connectivity index (χ1v) is 9.07. The van der Waals surface area contributed by atoms with Gasteiger partial charge < -0.3 is 10.2 Å². The summed E-state index contributed by atoms with van der Waals surface area (Å²) in [7, 11) is 0. The van der Waals surface area contributed by atoms with Crippen LogP contribution >= 0.6 is 0 Å². The third-order valence-electron chi connectivity index (χ3n) is 4.48. The number of carbonyl (C=O) groups excluding carboxylic acids is 1. The average molecular weight is 360 g/mol. The van der Waals surface area contributed by atoms with Crippen LogP contribution < -0.4 is 10.2 Å². The normalized spacial score (nSPS) is 10.5. The number of nitrogens with one attached hydrogen (secondary N) is 1. The average Bonchev–Trinajstić information content (AvgIpc) is 2.68. The van der Waals surface area contributed by atoms with Crippen LogP contribution in [-0.2, 0) is 6.54 Å². The van der Waals surface area contributed by atoms with Crippen LogP contribution in [0.2, 0.25) is 0 Å². The van der Waals surface area contributed by atoms with Gasteiger partial charge in [-0.05, 0) is 49.6 Å². The smallest absolute Gasteiger partial charge is 0.277 e. The highest BCUT2D eigenvalue weighted by Crippen LogP contribution is 2.19. The topological polar surface area (TPSA) is 58.1 Å². The Labute approximate surface area is 160 Å². The summed E-state index contributed by atoms with van der Waals surface area (Å²) in [5.74, 6) is 0.501. The maximum atomic E-state index is 13.0. The lowest BCUT2D eigenvalue weighted by Gasteiger charge is -2.21. The van der Waals surface area contributed by atoms with E-state index in [1.165, 1.54) is 17.5 Å². The SMILES string of the molecule is CCN(C(=O)c1cc(NCc2ccccc2C)ncn1)c1cccc(C)c1. The van der Waals surface area contributed by atoms with Crippen molar-refractivity contribution in [3.8, 4) is 0 Å². The van der Waals surface area contributed by atoms with E-state index in [1.54, 1.807) is 11.0 Å². The Morgan fingerprint density at radius 1 is 1.04 bits per heavy atom. The molecule has 1 N–H and O–H groups in total. The Morgan fingerprint density at radius 2 is 1.85 bits per heavy atom. The van der Waals surface area contributed by atoms with Crippen LogP contribution in [0.3, 0.4) is 0 Å². The van der Waals surface area contributed by atoms with Crippen LogP contribution in [-0.4, -0.2) is 22.4 Å². The first kappa shape index (κ1) is 18.6. The molecule has 3 aromatic rings. The second-order valence-electron chi connectivity index (χ2n) is 6.46. The van der Waals surface area contributed by atoms with Gasteiger partial charge in [-0.25, -0.2) is 9.97 Å². The van der Waals surface area contributed by atoms with Crippen molar-refractivity contribution in [2.75, 3.05) is 16.8 Å². The van der Waals surface area contributed by atoms with Crippen molar-refractivity contribution >= 4 is 17.4 Å². The molecule has 5 heteroatoms. The number of amides is 1. The molecule has 1 aromatic heterocycles. The number of hydrogen-bond donors (Lipinski definition) is 1. The molecule has 0 fully saturated rings. The highest BCUT2D eigenvalue weighted by molar-refractivity contribution is 6.05. The summed E-state index contributed by atoms with van der Waals surface area (Å²) in [6.45, 7) is 7.26. The molecule has 3 rings (SSSR count). The molecule has 0 aliphatic carbocycles. The molecular formula is C22H24N4O. The van der Waals surface area contributed by atoms with E-state index in [2.05, 4.69) is 34.3 Å². The fourth-order valence-corrected chi connectivity index (χ4v) is 2.94. The number of anilines is 2. The van der Waals surface area contributed by atoms with Gasteiger partial charge in [0, 0.05) is 24.8 Å². The van der Waals surface area contributed by atoms with E-state index in [9.17, 15) is 4.79 Å². The zero-order chi connectivity index (χ0) is 19.2. The Bertz CT molecular complexity index is 939. The molecule has 27 heavy (non-hydrogen) atoms. The van der Waals surface area contributed by atoms with Gasteiger partial charge >= 0.3 is 0 Å². The van der Waals surface area contributed by atoms with E-state index in [-0.39, 0.29) is 5.91 Å². The van der Waals surface area contributed by atoms with Gasteiger partial charge in [-0.3, -0.25) is 4.79 Å². The van der Waals surface area contributed by atoms with Crippen LogP contribution in [0.5, 0.6) is 0 Å². The molecule has 0 spiro atoms. The van der Waals surface area contributed by atoms with E-state index >= 15 is 0 Å². The minimum atomic E-state index is -0.135. The zero-order valence-electron chi connectivity index (χ0n) is 15.9. The van der Waals surface area contributed by atoms with Gasteiger partial charge in [0.15, 0.2) is 0 Å². The molecule has 5 nitrogen and oxygen atoms in total. The lowest BCUT2D eigenvalue weighted by atomic mass is 10.1. The number of aromatic nitrogens is 2. The Kier molecular flexibility index (Phi) is 5.81. The molecule has 0 saturated heterocycles. The largest absolute Gasteiger partial charge is 0.366 e. The fraction of sp³-hybridized carbons (Fsp3) is 0.227. The summed E-state index contributed by atoms with van der Waals surface area (Å²) in [6.07, 6.45) is 1.43. The van der Waals surface area contributed by atoms with Gasteiger partial charge in [0.05, 0.1) is 0 Å². The van der Waals surface area contributed by atoms with Crippen molar-refractivity contribution in [2.45, 2.75) is 27.3 Å². The second-order valence-corrected chi connectivity index (χ2v) is 6.46. The molecule has 0 aliphatic rings. The third-order valence-corrected chi connectivity index (χ3v) is 4.48. The summed E-state index contributed by atoms with van der Waals surface area (Å²) in [5.41, 5.74) is 4.77. The molecule has 0 atom stereocenters. The van der Waals surface area contributed by atoms with E-state index in [0.29, 0.717) is 24.6 Å². The van der Waals surface area contributed by atoms with Crippen molar-refractivity contribution in [1.82, 2.24) is 9.97 Å². The molecule has 0 radical (unpaired) electrons. The highest BCUT2D eigenvalue weighted by atomic mass is 16.2. The molecule has 138 valence electrons. The predicted molar refractivity (Wildman–Crippen MR) is 109 cm³/mol. The maximum Gasteiger partial charge on any atom is 0.277 e. The lowest BCUT2D eigenvalue weighted by Crippen LogP contribution is -2.31. The predicted octanol–water partition coefficient (Wildman–Crippen LogP) is 4.37. The third kappa shape index (κ3) is 4.50. The minimum absolute atomic E-state index is 0.135. The number of benzene rings is 2. The molecule has 0 unspecified atom stereocenters. The molecule has 0 saturated carbocycles. The van der Waals surface area contributed by atoms with Gasteiger partial charge in [0.25, 0.3) is 5.91 Å². The molecule has 0 bridgehead atoms. The van der Waals surface area contributed by atoms with Gasteiger partial charge in [-0.1, -0.05) is 36.4 Å². The summed E-state index contributed by atoms with van der Waals surface area (Å²) >= 11 is 0. The van der Waals surface area contributed by atoms with Crippen molar-refractivity contribution < 1.29 is 4.79 Å². The first-order valence-electron chi connectivity index (χ1n) is 9.07. The molecule has 0 aliphatic heterocycles. The summed E-state index contributed by atoms with van der Waals surface area (Å²) < 4.78 is 0. The van der Waals surface area contributed by atoms with Crippen LogP contribution in [0.1, 0.15) is 34.1 Å². The Balaban J connectivity index is 1.77. The second kappa shape index (κ2) is 8.45. The highest BCUT2D eigenvalue weighted by Gasteiger charge is 2.18. The van der Waals surface area contributed by atoms with Gasteiger partial charge in [-0.15, -0.1) is 0 Å². The molecular weight excluding hydrogens is 336 g/mol. The number of aryl methyl sites for hydroxylation is 2. The molecule has 1 amide bonds. The van der Waals surface area contributed by atoms with Crippen LogP contribution in [0, 0.1) is 13.8 Å². The van der Waals surface area contributed by atoms with Crippen molar-refractivity contribution in [1.29, 1.82) is 0 Å². The monoisotopic (exact) mass is 360 g/mol. The standard InChI is InChI=1S/C22H24N4O/c1-4-26(19-11-7-8-16(2)12-19)22(27)20-13-21(25-15-24-20)23-14-18-10-6-5-9-17(18)3/h5-13,15H,4,14H2,1-3H3,(H,23,24,25). The van der Waals surface area contributed by atoms with Crippen LogP contribution in [0.4, 0.5) is 11.5 Å². The van der Waals surface area contributed by atoms with E-state index in [4.69, 9.17) is 0 Å². The minimum Gasteiger partial charge on any atom is -0.366 e. The van der Waals surface area contributed by atoms with E-state index in [0.717, 1.165) is 11.3 Å². The van der Waals surface area contributed by atoms with Crippen molar-refractivity contribution in [3.05, 3.63) is 83.3 Å². The van der Waals surface area contributed by atoms with Gasteiger partial charge in [0.1, 0.15) is 17.8 Å². The lowest BCUT2D eigenvalue weighted by molar-refractivity contribution is 0.0983. The van der Waals surface area contributed by atoms with E-state index < -0.39 is 0 Å². The number of rotatable bonds is 6. The maximum absolute atomic E-state index is 13.0. The van der Waals surface area contributed by atoms with Gasteiger partial charge in [0.2, 0.25) is 0 Å². The number of nitrogens with zero attached hydrogens (tertiary/aromatic N) is 3. The summed E-state index contributed by atoms with van der Waals surface area (Å²) in [4.78, 5) is 23.1. The van der Waals surface area contributed by atoms with Gasteiger partial charge in [-0.2, -0.15) is 0 Å². The Morgan fingerprint density at radius 3 is 2.59 bits per heavy atom.